The van der Waals surface area contributed by atoms with Crippen molar-refractivity contribution >= 4 is 36.5 Å². The third kappa shape index (κ3) is 26.5. The van der Waals surface area contributed by atoms with Crippen LogP contribution < -0.4 is 0 Å². The van der Waals surface area contributed by atoms with Gasteiger partial charge in [0.25, 0.3) is 0 Å². The summed E-state index contributed by atoms with van der Waals surface area (Å²) in [5.41, 5.74) is 7.28. The van der Waals surface area contributed by atoms with Crippen molar-refractivity contribution in [2.24, 2.45) is 0 Å². The molecule has 0 unspecified atom stereocenters. The molecule has 0 saturated heterocycles. The quantitative estimate of drug-likeness (QED) is 0.0846. The second-order valence-electron chi connectivity index (χ2n) is 11.3. The molecule has 302 valence electrons. The van der Waals surface area contributed by atoms with Crippen LogP contribution in [0.2, 0.25) is 0 Å². The first-order valence-corrected chi connectivity index (χ1v) is 17.3. The topological polar surface area (TPSA) is 0 Å². The van der Waals surface area contributed by atoms with Gasteiger partial charge in [-0.25, -0.2) is 18.2 Å². The number of rotatable bonds is 12. The van der Waals surface area contributed by atoms with E-state index in [0.29, 0.717) is 0 Å². The van der Waals surface area contributed by atoms with E-state index in [0.717, 1.165) is 19.3 Å². The van der Waals surface area contributed by atoms with Crippen molar-refractivity contribution in [3.8, 4) is 0 Å². The molecule has 0 radical (unpaired) electrons. The van der Waals surface area contributed by atoms with Gasteiger partial charge in [-0.15, -0.1) is 36.4 Å². The first-order chi connectivity index (χ1) is 25.3. The summed E-state index contributed by atoms with van der Waals surface area (Å²) < 4.78 is 0. The van der Waals surface area contributed by atoms with Crippen LogP contribution in [-0.2, 0) is 92.1 Å². The van der Waals surface area contributed by atoms with E-state index in [4.69, 9.17) is 0 Å². The van der Waals surface area contributed by atoms with Gasteiger partial charge >= 0.3 is 51.2 Å². The molecule has 5 heteroatoms. The summed E-state index contributed by atoms with van der Waals surface area (Å²) in [6.45, 7) is 0. The van der Waals surface area contributed by atoms with Crippen LogP contribution >= 0.6 is 0 Å². The van der Waals surface area contributed by atoms with Gasteiger partial charge in [-0.1, -0.05) is 201 Å². The Labute approximate surface area is 395 Å². The molecule has 0 heterocycles. The molecule has 0 aliphatic heterocycles. The Morgan fingerprint density at radius 1 is 0.268 bits per heavy atom. The summed E-state index contributed by atoms with van der Waals surface area (Å²) in [5, 5.41) is 0. The average Bonchev–Trinajstić information content (AvgIpc) is 3.20. The standard InChI is InChI=1S/3C17H15.3Cu.2Pd/c3*1-4-10-16(11-5-1)14-8-3-9-15-17-12-6-2-7-13-17;;;;;/h3*1-2,4-8,10-15H,3H2;;;;;/q3*-1;3*+1;;. The third-order valence-electron chi connectivity index (χ3n) is 7.24. The second-order valence-corrected chi connectivity index (χ2v) is 11.3. The fourth-order valence-electron chi connectivity index (χ4n) is 4.66. The maximum atomic E-state index is 3.26. The molecule has 0 atom stereocenters. The van der Waals surface area contributed by atoms with Crippen LogP contribution in [0.3, 0.4) is 0 Å². The van der Waals surface area contributed by atoms with Crippen molar-refractivity contribution < 1.29 is 92.1 Å². The van der Waals surface area contributed by atoms with Crippen molar-refractivity contribution in [3.05, 3.63) is 252 Å². The van der Waals surface area contributed by atoms with Crippen molar-refractivity contribution in [1.82, 2.24) is 0 Å². The first kappa shape index (κ1) is 54.7. The zero-order valence-corrected chi connectivity index (χ0v) is 36.6. The molecule has 0 bridgehead atoms. The Balaban J connectivity index is 0. The van der Waals surface area contributed by atoms with Crippen LogP contribution in [0.5, 0.6) is 0 Å². The fourth-order valence-corrected chi connectivity index (χ4v) is 4.66. The van der Waals surface area contributed by atoms with Gasteiger partial charge < -0.3 is 0 Å². The normalized spacial score (nSPS) is 10.3. The van der Waals surface area contributed by atoms with Gasteiger partial charge in [0.05, 0.1) is 0 Å². The monoisotopic (exact) mass is 1060 g/mol. The Hall–Kier alpha value is -3.36. The largest absolute Gasteiger partial charge is 1.00 e. The predicted molar refractivity (Wildman–Crippen MR) is 223 cm³/mol. The number of hydrogen-bond donors (Lipinski definition) is 0. The van der Waals surface area contributed by atoms with E-state index < -0.39 is 0 Å². The van der Waals surface area contributed by atoms with E-state index >= 15 is 0 Å². The van der Waals surface area contributed by atoms with E-state index in [2.05, 4.69) is 127 Å². The fraction of sp³-hybridized carbons (Fsp3) is 0.0588. The predicted octanol–water partition coefficient (Wildman–Crippen LogP) is 13.8. The van der Waals surface area contributed by atoms with E-state index in [1.807, 2.05) is 127 Å². The minimum atomic E-state index is 0. The van der Waals surface area contributed by atoms with Crippen LogP contribution in [-0.4, -0.2) is 0 Å². The molecule has 0 spiro atoms. The molecular weight excluding hydrogens is 1020 g/mol. The number of hydrogen-bond acceptors (Lipinski definition) is 0. The van der Waals surface area contributed by atoms with Crippen molar-refractivity contribution in [2.75, 3.05) is 0 Å². The second kappa shape index (κ2) is 37.2. The van der Waals surface area contributed by atoms with Crippen LogP contribution in [0.15, 0.2) is 200 Å². The summed E-state index contributed by atoms with van der Waals surface area (Å²) in [6.07, 6.45) is 31.1. The van der Waals surface area contributed by atoms with E-state index in [1.54, 1.807) is 0 Å². The first-order valence-electron chi connectivity index (χ1n) is 17.3. The van der Waals surface area contributed by atoms with Crippen molar-refractivity contribution in [3.63, 3.8) is 0 Å². The van der Waals surface area contributed by atoms with Gasteiger partial charge in [-0.05, 0) is 16.7 Å². The van der Waals surface area contributed by atoms with Crippen LogP contribution in [0.4, 0.5) is 0 Å². The van der Waals surface area contributed by atoms with E-state index in [-0.39, 0.29) is 92.1 Å². The zero-order chi connectivity index (χ0) is 35.3. The van der Waals surface area contributed by atoms with Gasteiger partial charge in [0.1, 0.15) is 0 Å². The minimum absolute atomic E-state index is 0. The molecule has 0 aliphatic carbocycles. The molecule has 0 aromatic heterocycles. The molecule has 6 aromatic carbocycles. The Kier molecular flexibility index (Phi) is 36.4. The number of allylic oxidation sites excluding steroid dienone is 6. The molecule has 0 amide bonds. The number of benzene rings is 6. The third-order valence-corrected chi connectivity index (χ3v) is 7.24. The van der Waals surface area contributed by atoms with Gasteiger partial charge in [-0.2, -0.15) is 16.7 Å². The molecule has 6 aromatic rings. The van der Waals surface area contributed by atoms with Crippen molar-refractivity contribution in [1.29, 1.82) is 0 Å². The van der Waals surface area contributed by atoms with Crippen LogP contribution in [0, 0.1) is 18.2 Å². The molecule has 0 nitrogen and oxygen atoms in total. The van der Waals surface area contributed by atoms with Crippen LogP contribution in [0.1, 0.15) is 52.6 Å². The molecule has 6 rings (SSSR count). The van der Waals surface area contributed by atoms with E-state index in [1.165, 1.54) is 33.4 Å². The Morgan fingerprint density at radius 3 is 0.643 bits per heavy atom. The minimum Gasteiger partial charge on any atom is -0.271 e. The molecule has 0 fully saturated rings. The van der Waals surface area contributed by atoms with Gasteiger partial charge in [0, 0.05) is 40.8 Å². The molecule has 56 heavy (non-hydrogen) atoms. The summed E-state index contributed by atoms with van der Waals surface area (Å²) >= 11 is 0. The van der Waals surface area contributed by atoms with Crippen molar-refractivity contribution in [2.45, 2.75) is 19.3 Å². The maximum absolute atomic E-state index is 3.26. The van der Waals surface area contributed by atoms with Gasteiger partial charge in [0.15, 0.2) is 0 Å². The maximum Gasteiger partial charge on any atom is 1.00 e. The molecule has 0 saturated carbocycles. The van der Waals surface area contributed by atoms with Gasteiger partial charge in [0.2, 0.25) is 0 Å². The summed E-state index contributed by atoms with van der Waals surface area (Å²) in [6, 6.07) is 61.7. The summed E-state index contributed by atoms with van der Waals surface area (Å²) in [5.74, 6) is 0. The average molecular weight is 1060 g/mol. The zero-order valence-electron chi connectivity index (χ0n) is 30.7. The summed E-state index contributed by atoms with van der Waals surface area (Å²) in [4.78, 5) is 0. The molecule has 0 aliphatic rings. The van der Waals surface area contributed by atoms with Crippen LogP contribution in [0.25, 0.3) is 36.5 Å². The van der Waals surface area contributed by atoms with Gasteiger partial charge in [-0.3, -0.25) is 18.2 Å². The Bertz CT molecular complexity index is 1550. The Morgan fingerprint density at radius 2 is 0.446 bits per heavy atom. The SMILES string of the molecule is [C-](=Cc1ccccc1)CC=Cc1ccccc1.[C-](=Cc1ccccc1)CC=Cc1ccccc1.[C-](=Cc1ccccc1)CC=Cc1ccccc1.[Cu+].[Cu+].[Cu+].[Pd].[Pd]. The summed E-state index contributed by atoms with van der Waals surface area (Å²) in [7, 11) is 0. The van der Waals surface area contributed by atoms with E-state index in [9.17, 15) is 0 Å². The molecular formula is C51H45Cu3Pd2. The molecule has 0 N–H and O–H groups in total. The smallest absolute Gasteiger partial charge is 0.271 e.